The van der Waals surface area contributed by atoms with E-state index in [0.717, 1.165) is 10.9 Å². The highest BCUT2D eigenvalue weighted by Crippen LogP contribution is 2.62. The molecule has 1 aliphatic heterocycles. The van der Waals surface area contributed by atoms with E-state index < -0.39 is 0 Å². The Hall–Kier alpha value is -0.530. The van der Waals surface area contributed by atoms with Crippen molar-refractivity contribution in [3.8, 4) is 0 Å². The summed E-state index contributed by atoms with van der Waals surface area (Å²) in [5, 5.41) is 4.39. The lowest BCUT2D eigenvalue weighted by Crippen LogP contribution is -2.31. The average molecular weight is 222 g/mol. The van der Waals surface area contributed by atoms with Crippen LogP contribution in [0.1, 0.15) is 30.7 Å². The van der Waals surface area contributed by atoms with Crippen molar-refractivity contribution in [1.29, 1.82) is 0 Å². The Labute approximate surface area is 95.8 Å². The van der Waals surface area contributed by atoms with E-state index in [1.165, 1.54) is 37.9 Å². The molecule has 2 fully saturated rings. The molecule has 1 aromatic rings. The van der Waals surface area contributed by atoms with Gasteiger partial charge in [0.2, 0.25) is 0 Å². The fraction of sp³-hybridized carbons (Fsp3) is 0.538. The van der Waals surface area contributed by atoms with Crippen LogP contribution < -0.4 is 5.32 Å². The minimum atomic E-state index is 0.572. The van der Waals surface area contributed by atoms with Crippen LogP contribution in [0.4, 0.5) is 0 Å². The maximum Gasteiger partial charge on any atom is 0.0408 e. The minimum Gasteiger partial charge on any atom is -0.316 e. The largest absolute Gasteiger partial charge is 0.316 e. The SMILES string of the molecule is Clc1cccc(C2CC23CCCNC3)c1. The van der Waals surface area contributed by atoms with Crippen molar-refractivity contribution in [2.75, 3.05) is 13.1 Å². The molecule has 2 unspecified atom stereocenters. The fourth-order valence-electron chi connectivity index (χ4n) is 3.01. The van der Waals surface area contributed by atoms with E-state index >= 15 is 0 Å². The maximum absolute atomic E-state index is 6.03. The van der Waals surface area contributed by atoms with Gasteiger partial charge in [0.25, 0.3) is 0 Å². The summed E-state index contributed by atoms with van der Waals surface area (Å²) in [5.41, 5.74) is 2.01. The Morgan fingerprint density at radius 3 is 3.07 bits per heavy atom. The summed E-state index contributed by atoms with van der Waals surface area (Å²) >= 11 is 6.03. The monoisotopic (exact) mass is 221 g/mol. The van der Waals surface area contributed by atoms with Gasteiger partial charge in [0, 0.05) is 11.6 Å². The molecule has 1 heterocycles. The van der Waals surface area contributed by atoms with Crippen LogP contribution in [0.2, 0.25) is 5.02 Å². The molecule has 80 valence electrons. The lowest BCUT2D eigenvalue weighted by atomic mass is 9.91. The van der Waals surface area contributed by atoms with E-state index in [2.05, 4.69) is 23.5 Å². The number of hydrogen-bond acceptors (Lipinski definition) is 1. The van der Waals surface area contributed by atoms with Crippen LogP contribution >= 0.6 is 11.6 Å². The molecule has 1 N–H and O–H groups in total. The molecular formula is C13H16ClN. The molecule has 2 heteroatoms. The van der Waals surface area contributed by atoms with Crippen LogP contribution in [-0.4, -0.2) is 13.1 Å². The Bertz CT molecular complexity index is 369. The summed E-state index contributed by atoms with van der Waals surface area (Å²) in [4.78, 5) is 0. The molecule has 15 heavy (non-hydrogen) atoms. The molecule has 1 spiro atoms. The quantitative estimate of drug-likeness (QED) is 0.768. The lowest BCUT2D eigenvalue weighted by molar-refractivity contribution is 0.347. The van der Waals surface area contributed by atoms with E-state index in [1.54, 1.807) is 0 Å². The first kappa shape index (κ1) is 9.68. The zero-order chi connectivity index (χ0) is 10.3. The predicted molar refractivity (Wildman–Crippen MR) is 63.3 cm³/mol. The fourth-order valence-corrected chi connectivity index (χ4v) is 3.20. The molecule has 1 saturated carbocycles. The zero-order valence-electron chi connectivity index (χ0n) is 8.80. The molecule has 1 saturated heterocycles. The van der Waals surface area contributed by atoms with Crippen LogP contribution in [0.25, 0.3) is 0 Å². The summed E-state index contributed by atoms with van der Waals surface area (Å²) in [6, 6.07) is 8.38. The van der Waals surface area contributed by atoms with Crippen LogP contribution in [0.5, 0.6) is 0 Å². The van der Waals surface area contributed by atoms with Crippen molar-refractivity contribution in [1.82, 2.24) is 5.32 Å². The minimum absolute atomic E-state index is 0.572. The number of benzene rings is 1. The van der Waals surface area contributed by atoms with Crippen LogP contribution in [0, 0.1) is 5.41 Å². The predicted octanol–water partition coefficient (Wildman–Crippen LogP) is 3.20. The van der Waals surface area contributed by atoms with Gasteiger partial charge in [-0.25, -0.2) is 0 Å². The number of rotatable bonds is 1. The maximum atomic E-state index is 6.03. The lowest BCUT2D eigenvalue weighted by Gasteiger charge is -2.23. The van der Waals surface area contributed by atoms with Gasteiger partial charge in [-0.1, -0.05) is 23.7 Å². The van der Waals surface area contributed by atoms with Crippen molar-refractivity contribution in [2.45, 2.75) is 25.2 Å². The highest BCUT2D eigenvalue weighted by molar-refractivity contribution is 6.30. The first-order chi connectivity index (χ1) is 7.30. The van der Waals surface area contributed by atoms with E-state index in [-0.39, 0.29) is 0 Å². The molecule has 0 amide bonds. The standard InChI is InChI=1S/C13H16ClN/c14-11-4-1-3-10(7-11)12-8-13(12)5-2-6-15-9-13/h1,3-4,7,12,15H,2,5-6,8-9H2. The van der Waals surface area contributed by atoms with Crippen LogP contribution in [0.15, 0.2) is 24.3 Å². The van der Waals surface area contributed by atoms with E-state index in [1.807, 2.05) is 6.07 Å². The number of nitrogens with one attached hydrogen (secondary N) is 1. The Balaban J connectivity index is 1.80. The van der Waals surface area contributed by atoms with E-state index in [0.29, 0.717) is 5.41 Å². The molecule has 0 radical (unpaired) electrons. The third kappa shape index (κ3) is 1.68. The van der Waals surface area contributed by atoms with Gasteiger partial charge in [-0.05, 0) is 54.8 Å². The zero-order valence-corrected chi connectivity index (χ0v) is 9.56. The molecule has 0 aromatic heterocycles. The second-order valence-electron chi connectivity index (χ2n) is 4.95. The van der Waals surface area contributed by atoms with E-state index in [4.69, 9.17) is 11.6 Å². The van der Waals surface area contributed by atoms with E-state index in [9.17, 15) is 0 Å². The van der Waals surface area contributed by atoms with Gasteiger partial charge in [-0.15, -0.1) is 0 Å². The summed E-state index contributed by atoms with van der Waals surface area (Å²) in [6.07, 6.45) is 4.06. The Morgan fingerprint density at radius 1 is 1.40 bits per heavy atom. The van der Waals surface area contributed by atoms with Crippen LogP contribution in [-0.2, 0) is 0 Å². The average Bonchev–Trinajstić information content (AvgIpc) is 2.93. The van der Waals surface area contributed by atoms with Gasteiger partial charge in [0.1, 0.15) is 0 Å². The molecule has 1 nitrogen and oxygen atoms in total. The molecule has 0 bridgehead atoms. The molecule has 2 aliphatic rings. The van der Waals surface area contributed by atoms with Crippen molar-refractivity contribution in [3.05, 3.63) is 34.9 Å². The number of hydrogen-bond donors (Lipinski definition) is 1. The normalized spacial score (nSPS) is 34.3. The second kappa shape index (κ2) is 3.50. The smallest absolute Gasteiger partial charge is 0.0408 e. The Kier molecular flexibility index (Phi) is 2.26. The highest BCUT2D eigenvalue weighted by atomic mass is 35.5. The first-order valence-corrected chi connectivity index (χ1v) is 6.14. The van der Waals surface area contributed by atoms with Crippen molar-refractivity contribution < 1.29 is 0 Å². The summed E-state index contributed by atoms with van der Waals surface area (Å²) in [5.74, 6) is 0.754. The van der Waals surface area contributed by atoms with Crippen LogP contribution in [0.3, 0.4) is 0 Å². The third-order valence-electron chi connectivity index (χ3n) is 3.95. The molecular weight excluding hydrogens is 206 g/mol. The van der Waals surface area contributed by atoms with Crippen molar-refractivity contribution in [2.24, 2.45) is 5.41 Å². The summed E-state index contributed by atoms with van der Waals surface area (Å²) in [7, 11) is 0. The molecule has 1 aliphatic carbocycles. The van der Waals surface area contributed by atoms with Crippen molar-refractivity contribution in [3.63, 3.8) is 0 Å². The van der Waals surface area contributed by atoms with Gasteiger partial charge in [0.05, 0.1) is 0 Å². The highest BCUT2D eigenvalue weighted by Gasteiger charge is 2.54. The Morgan fingerprint density at radius 2 is 2.33 bits per heavy atom. The third-order valence-corrected chi connectivity index (χ3v) is 4.18. The number of piperidine rings is 1. The van der Waals surface area contributed by atoms with Crippen molar-refractivity contribution >= 4 is 11.6 Å². The van der Waals surface area contributed by atoms with Gasteiger partial charge >= 0.3 is 0 Å². The number of halogens is 1. The second-order valence-corrected chi connectivity index (χ2v) is 5.39. The van der Waals surface area contributed by atoms with Gasteiger partial charge in [-0.3, -0.25) is 0 Å². The van der Waals surface area contributed by atoms with Gasteiger partial charge in [-0.2, -0.15) is 0 Å². The first-order valence-electron chi connectivity index (χ1n) is 5.76. The molecule has 2 atom stereocenters. The summed E-state index contributed by atoms with van der Waals surface area (Å²) < 4.78 is 0. The van der Waals surface area contributed by atoms with Gasteiger partial charge < -0.3 is 5.32 Å². The molecule has 1 aromatic carbocycles. The topological polar surface area (TPSA) is 12.0 Å². The molecule has 3 rings (SSSR count). The van der Waals surface area contributed by atoms with Gasteiger partial charge in [0.15, 0.2) is 0 Å². The summed E-state index contributed by atoms with van der Waals surface area (Å²) in [6.45, 7) is 2.40.